The van der Waals surface area contributed by atoms with Crippen molar-refractivity contribution in [2.24, 2.45) is 0 Å². The molecule has 0 heterocycles. The molecular weight excluding hydrogens is 506 g/mol. The Labute approximate surface area is 220 Å². The normalized spacial score (nSPS) is 12.3. The Morgan fingerprint density at radius 1 is 0.703 bits per heavy atom. The van der Waals surface area contributed by atoms with E-state index in [0.29, 0.717) is 0 Å². The van der Waals surface area contributed by atoms with E-state index in [1.165, 1.54) is 12.1 Å². The van der Waals surface area contributed by atoms with Gasteiger partial charge in [0.05, 0.1) is 57.7 Å². The van der Waals surface area contributed by atoms with Gasteiger partial charge < -0.3 is 23.7 Å². The lowest BCUT2D eigenvalue weighted by molar-refractivity contribution is -0.0117. The fourth-order valence-electron chi connectivity index (χ4n) is 2.56. The SMILES string of the molecule is Cc1ccc(S(=O)(=O)OCCOCCOCCOCCN(C(=O)OC(C)(C)C)C(=O)OC(C)(C)C)cc1. The Morgan fingerprint density at radius 3 is 1.54 bits per heavy atom. The van der Waals surface area contributed by atoms with E-state index >= 15 is 0 Å². The summed E-state index contributed by atoms with van der Waals surface area (Å²) in [7, 11) is -3.81. The zero-order chi connectivity index (χ0) is 28.1. The van der Waals surface area contributed by atoms with Crippen LogP contribution in [-0.4, -0.2) is 89.5 Å². The number of rotatable bonds is 14. The van der Waals surface area contributed by atoms with Gasteiger partial charge in [-0.15, -0.1) is 0 Å². The summed E-state index contributed by atoms with van der Waals surface area (Å²) >= 11 is 0. The first-order valence-electron chi connectivity index (χ1n) is 12.0. The molecule has 1 aromatic rings. The number of aryl methyl sites for hydroxylation is 1. The summed E-state index contributed by atoms with van der Waals surface area (Å²) in [6, 6.07) is 6.39. The summed E-state index contributed by atoms with van der Waals surface area (Å²) in [6.07, 6.45) is -1.62. The smallest absolute Gasteiger partial charge is 0.419 e. The quantitative estimate of drug-likeness (QED) is 0.250. The fraction of sp³-hybridized carbons (Fsp3) is 0.680. The van der Waals surface area contributed by atoms with Gasteiger partial charge >= 0.3 is 12.2 Å². The van der Waals surface area contributed by atoms with E-state index in [1.54, 1.807) is 53.7 Å². The minimum Gasteiger partial charge on any atom is -0.443 e. The Bertz CT molecular complexity index is 906. The molecule has 0 aliphatic carbocycles. The molecule has 0 aliphatic rings. The van der Waals surface area contributed by atoms with Gasteiger partial charge in [-0.05, 0) is 60.6 Å². The third kappa shape index (κ3) is 14.9. The highest BCUT2D eigenvalue weighted by Gasteiger charge is 2.30. The van der Waals surface area contributed by atoms with Crippen molar-refractivity contribution in [2.75, 3.05) is 52.8 Å². The number of hydrogen-bond acceptors (Lipinski definition) is 10. The van der Waals surface area contributed by atoms with Crippen LogP contribution in [0.5, 0.6) is 0 Å². The van der Waals surface area contributed by atoms with E-state index in [0.717, 1.165) is 10.5 Å². The van der Waals surface area contributed by atoms with Gasteiger partial charge in [-0.2, -0.15) is 8.42 Å². The predicted octanol–water partition coefficient (Wildman–Crippen LogP) is 3.92. The maximum atomic E-state index is 12.4. The number of imide groups is 1. The van der Waals surface area contributed by atoms with Crippen LogP contribution in [0.4, 0.5) is 9.59 Å². The van der Waals surface area contributed by atoms with Crippen molar-refractivity contribution < 1.29 is 45.9 Å². The molecule has 2 amide bonds. The van der Waals surface area contributed by atoms with E-state index in [1.807, 2.05) is 6.92 Å². The van der Waals surface area contributed by atoms with Crippen LogP contribution in [0.15, 0.2) is 29.2 Å². The number of carbonyl (C=O) groups excluding carboxylic acids is 2. The number of amides is 2. The first-order chi connectivity index (χ1) is 17.1. The summed E-state index contributed by atoms with van der Waals surface area (Å²) in [5.41, 5.74) is -0.582. The molecule has 1 aromatic carbocycles. The van der Waals surface area contributed by atoms with Crippen molar-refractivity contribution >= 4 is 22.3 Å². The molecule has 0 spiro atoms. The fourth-order valence-corrected chi connectivity index (χ4v) is 3.46. The molecular formula is C25H41NO10S. The molecule has 0 unspecified atom stereocenters. The number of carbonyl (C=O) groups is 2. The van der Waals surface area contributed by atoms with Gasteiger partial charge in [0.25, 0.3) is 10.1 Å². The van der Waals surface area contributed by atoms with Crippen molar-refractivity contribution in [3.8, 4) is 0 Å². The highest BCUT2D eigenvalue weighted by atomic mass is 32.2. The monoisotopic (exact) mass is 547 g/mol. The molecule has 0 fully saturated rings. The molecule has 37 heavy (non-hydrogen) atoms. The van der Waals surface area contributed by atoms with Crippen LogP contribution >= 0.6 is 0 Å². The van der Waals surface area contributed by atoms with Crippen molar-refractivity contribution in [3.63, 3.8) is 0 Å². The molecule has 212 valence electrons. The molecule has 0 saturated carbocycles. The average molecular weight is 548 g/mol. The molecule has 0 aliphatic heterocycles. The van der Waals surface area contributed by atoms with Gasteiger partial charge in [-0.1, -0.05) is 17.7 Å². The second-order valence-corrected chi connectivity index (χ2v) is 11.7. The lowest BCUT2D eigenvalue weighted by atomic mass is 10.2. The van der Waals surface area contributed by atoms with Gasteiger partial charge in [0, 0.05) is 0 Å². The minimum atomic E-state index is -3.81. The van der Waals surface area contributed by atoms with Crippen LogP contribution in [-0.2, 0) is 38.0 Å². The highest BCUT2D eigenvalue weighted by Crippen LogP contribution is 2.15. The minimum absolute atomic E-state index is 0.0432. The molecule has 0 saturated heterocycles. The molecule has 0 atom stereocenters. The number of hydrogen-bond donors (Lipinski definition) is 0. The van der Waals surface area contributed by atoms with Crippen LogP contribution in [0.1, 0.15) is 47.1 Å². The second-order valence-electron chi connectivity index (χ2n) is 10.0. The Morgan fingerprint density at radius 2 is 1.11 bits per heavy atom. The molecule has 0 bridgehead atoms. The summed E-state index contributed by atoms with van der Waals surface area (Å²) in [4.78, 5) is 25.8. The Balaban J connectivity index is 2.20. The summed E-state index contributed by atoms with van der Waals surface area (Å²) in [5.74, 6) is 0. The lowest BCUT2D eigenvalue weighted by Gasteiger charge is -2.28. The summed E-state index contributed by atoms with van der Waals surface area (Å²) < 4.78 is 55.8. The zero-order valence-electron chi connectivity index (χ0n) is 22.9. The van der Waals surface area contributed by atoms with Gasteiger partial charge in [0.15, 0.2) is 0 Å². The molecule has 12 heteroatoms. The zero-order valence-corrected chi connectivity index (χ0v) is 23.7. The van der Waals surface area contributed by atoms with Crippen molar-refractivity contribution in [1.29, 1.82) is 0 Å². The van der Waals surface area contributed by atoms with E-state index < -0.39 is 33.5 Å². The average Bonchev–Trinajstić information content (AvgIpc) is 2.74. The standard InChI is InChI=1S/C25H41NO10S/c1-20-8-10-21(11-9-20)37(29,30)34-19-18-33-17-16-32-15-14-31-13-12-26(22(27)35-24(2,3)4)23(28)36-25(5,6)7/h8-11H,12-19H2,1-7H3. The van der Waals surface area contributed by atoms with Gasteiger partial charge in [-0.25, -0.2) is 14.5 Å². The van der Waals surface area contributed by atoms with E-state index in [2.05, 4.69) is 0 Å². The van der Waals surface area contributed by atoms with Crippen LogP contribution < -0.4 is 0 Å². The van der Waals surface area contributed by atoms with E-state index in [4.69, 9.17) is 27.9 Å². The topological polar surface area (TPSA) is 127 Å². The molecule has 1 rings (SSSR count). The summed E-state index contributed by atoms with van der Waals surface area (Å²) in [5, 5.41) is 0. The number of benzene rings is 1. The predicted molar refractivity (Wildman–Crippen MR) is 136 cm³/mol. The molecule has 11 nitrogen and oxygen atoms in total. The van der Waals surface area contributed by atoms with Crippen LogP contribution in [0, 0.1) is 6.92 Å². The Hall–Kier alpha value is -2.25. The first-order valence-corrected chi connectivity index (χ1v) is 13.4. The molecule has 0 radical (unpaired) electrons. The van der Waals surface area contributed by atoms with Gasteiger partial charge in [0.1, 0.15) is 11.2 Å². The maximum absolute atomic E-state index is 12.4. The third-order valence-corrected chi connectivity index (χ3v) is 5.53. The largest absolute Gasteiger partial charge is 0.443 e. The van der Waals surface area contributed by atoms with E-state index in [9.17, 15) is 18.0 Å². The van der Waals surface area contributed by atoms with Crippen molar-refractivity contribution in [2.45, 2.75) is 64.6 Å². The lowest BCUT2D eigenvalue weighted by Crippen LogP contribution is -2.45. The highest BCUT2D eigenvalue weighted by molar-refractivity contribution is 7.86. The van der Waals surface area contributed by atoms with Crippen molar-refractivity contribution in [1.82, 2.24) is 4.90 Å². The van der Waals surface area contributed by atoms with Gasteiger partial charge in [0.2, 0.25) is 0 Å². The number of nitrogens with zero attached hydrogens (tertiary/aromatic N) is 1. The van der Waals surface area contributed by atoms with Gasteiger partial charge in [-0.3, -0.25) is 4.18 Å². The Kier molecular flexibility index (Phi) is 13.5. The molecule has 0 aromatic heterocycles. The maximum Gasteiger partial charge on any atom is 0.419 e. The first kappa shape index (κ1) is 32.8. The van der Waals surface area contributed by atoms with Crippen LogP contribution in [0.25, 0.3) is 0 Å². The molecule has 0 N–H and O–H groups in total. The van der Waals surface area contributed by atoms with E-state index in [-0.39, 0.29) is 57.7 Å². The number of ether oxygens (including phenoxy) is 5. The third-order valence-electron chi connectivity index (χ3n) is 4.21. The van der Waals surface area contributed by atoms with Crippen molar-refractivity contribution in [3.05, 3.63) is 29.8 Å². The van der Waals surface area contributed by atoms with Crippen LogP contribution in [0.2, 0.25) is 0 Å². The van der Waals surface area contributed by atoms with Crippen LogP contribution in [0.3, 0.4) is 0 Å². The summed E-state index contributed by atoms with van der Waals surface area (Å²) in [6.45, 7) is 13.1. The second kappa shape index (κ2) is 15.2.